The number of ketones is 1. The van der Waals surface area contributed by atoms with Gasteiger partial charge in [0.05, 0.1) is 0 Å². The van der Waals surface area contributed by atoms with Gasteiger partial charge in [-0.3, -0.25) is 4.79 Å². The number of carbonyl (C=O) groups is 1. The van der Waals surface area contributed by atoms with Gasteiger partial charge in [-0.1, -0.05) is 54.6 Å². The van der Waals surface area contributed by atoms with Crippen LogP contribution in [0.1, 0.15) is 15.9 Å². The Bertz CT molecular complexity index is 925. The Labute approximate surface area is 153 Å². The molecule has 0 heterocycles. The second-order valence-corrected chi connectivity index (χ2v) is 6.24. The molecule has 0 amide bonds. The molecule has 0 saturated heterocycles. The zero-order valence-electron chi connectivity index (χ0n) is 14.8. The van der Waals surface area contributed by atoms with E-state index >= 15 is 0 Å². The normalized spacial score (nSPS) is 10.9. The van der Waals surface area contributed by atoms with Gasteiger partial charge in [-0.05, 0) is 47.0 Å². The van der Waals surface area contributed by atoms with Gasteiger partial charge < -0.3 is 4.90 Å². The van der Waals surface area contributed by atoms with E-state index in [1.54, 1.807) is 24.3 Å². The van der Waals surface area contributed by atoms with Crippen molar-refractivity contribution in [2.45, 2.75) is 0 Å². The highest BCUT2D eigenvalue weighted by Crippen LogP contribution is 2.25. The molecule has 0 atom stereocenters. The summed E-state index contributed by atoms with van der Waals surface area (Å²) < 4.78 is 13.2. The van der Waals surface area contributed by atoms with Gasteiger partial charge in [0.25, 0.3) is 0 Å². The van der Waals surface area contributed by atoms with Crippen molar-refractivity contribution in [1.82, 2.24) is 0 Å². The predicted molar refractivity (Wildman–Crippen MR) is 106 cm³/mol. The summed E-state index contributed by atoms with van der Waals surface area (Å²) in [4.78, 5) is 14.7. The van der Waals surface area contributed by atoms with E-state index in [0.717, 1.165) is 22.4 Å². The van der Waals surface area contributed by atoms with Gasteiger partial charge in [-0.25, -0.2) is 4.39 Å². The van der Waals surface area contributed by atoms with Crippen LogP contribution < -0.4 is 4.90 Å². The third kappa shape index (κ3) is 4.06. The highest BCUT2D eigenvalue weighted by molar-refractivity contribution is 6.10. The summed E-state index contributed by atoms with van der Waals surface area (Å²) in [6, 6.07) is 21.5. The lowest BCUT2D eigenvalue weighted by molar-refractivity contribution is 0.104. The van der Waals surface area contributed by atoms with E-state index in [-0.39, 0.29) is 11.6 Å². The summed E-state index contributed by atoms with van der Waals surface area (Å²) in [7, 11) is 3.97. The van der Waals surface area contributed by atoms with Crippen molar-refractivity contribution in [3.05, 3.63) is 95.8 Å². The van der Waals surface area contributed by atoms with Gasteiger partial charge in [0.15, 0.2) is 5.78 Å². The lowest BCUT2D eigenvalue weighted by Gasteiger charge is -2.11. The molecule has 0 aliphatic rings. The molecule has 130 valence electrons. The Kier molecular flexibility index (Phi) is 5.28. The molecule has 0 aliphatic heterocycles. The molecule has 0 N–H and O–H groups in total. The number of nitrogens with zero attached hydrogens (tertiary/aromatic N) is 1. The fourth-order valence-electron chi connectivity index (χ4n) is 2.72. The van der Waals surface area contributed by atoms with Gasteiger partial charge in [-0.15, -0.1) is 0 Å². The van der Waals surface area contributed by atoms with Crippen LogP contribution in [-0.4, -0.2) is 19.9 Å². The third-order valence-corrected chi connectivity index (χ3v) is 4.18. The molecule has 0 aromatic heterocycles. The number of hydrogen-bond acceptors (Lipinski definition) is 2. The molecule has 3 aromatic rings. The molecule has 0 unspecified atom stereocenters. The summed E-state index contributed by atoms with van der Waals surface area (Å²) in [6.07, 6.45) is 3.39. The fraction of sp³-hybridized carbons (Fsp3) is 0.0870. The van der Waals surface area contributed by atoms with Crippen LogP contribution in [0.5, 0.6) is 0 Å². The van der Waals surface area contributed by atoms with Crippen LogP contribution in [0.15, 0.2) is 78.9 Å². The van der Waals surface area contributed by atoms with Crippen molar-refractivity contribution in [2.75, 3.05) is 19.0 Å². The van der Waals surface area contributed by atoms with Crippen molar-refractivity contribution in [3.63, 3.8) is 0 Å². The van der Waals surface area contributed by atoms with Crippen LogP contribution in [0, 0.1) is 5.82 Å². The Morgan fingerprint density at radius 3 is 2.19 bits per heavy atom. The van der Waals surface area contributed by atoms with E-state index in [4.69, 9.17) is 0 Å². The van der Waals surface area contributed by atoms with E-state index in [1.807, 2.05) is 67.5 Å². The SMILES string of the molecule is CN(C)c1ccc(C=CC(=O)c2ccccc2-c2ccc(F)cc2)cc1. The lowest BCUT2D eigenvalue weighted by Crippen LogP contribution is -2.07. The Hall–Kier alpha value is -3.20. The first-order valence-electron chi connectivity index (χ1n) is 8.39. The van der Waals surface area contributed by atoms with Gasteiger partial charge >= 0.3 is 0 Å². The molecule has 3 aromatic carbocycles. The second kappa shape index (κ2) is 7.79. The average Bonchev–Trinajstić information content (AvgIpc) is 2.67. The minimum atomic E-state index is -0.293. The number of halogens is 1. The molecular formula is C23H20FNO. The second-order valence-electron chi connectivity index (χ2n) is 6.24. The van der Waals surface area contributed by atoms with Crippen LogP contribution in [0.25, 0.3) is 17.2 Å². The van der Waals surface area contributed by atoms with Gasteiger partial charge in [0.2, 0.25) is 0 Å². The van der Waals surface area contributed by atoms with Gasteiger partial charge in [-0.2, -0.15) is 0 Å². The highest BCUT2D eigenvalue weighted by Gasteiger charge is 2.10. The van der Waals surface area contributed by atoms with Crippen LogP contribution in [0.3, 0.4) is 0 Å². The van der Waals surface area contributed by atoms with Crippen molar-refractivity contribution in [1.29, 1.82) is 0 Å². The number of hydrogen-bond donors (Lipinski definition) is 0. The molecule has 0 fully saturated rings. The zero-order chi connectivity index (χ0) is 18.5. The first-order valence-corrected chi connectivity index (χ1v) is 8.39. The number of carbonyl (C=O) groups excluding carboxylic acids is 1. The highest BCUT2D eigenvalue weighted by atomic mass is 19.1. The average molecular weight is 345 g/mol. The van der Waals surface area contributed by atoms with Crippen LogP contribution in [0.2, 0.25) is 0 Å². The molecule has 26 heavy (non-hydrogen) atoms. The van der Waals surface area contributed by atoms with E-state index in [9.17, 15) is 9.18 Å². The summed E-state index contributed by atoms with van der Waals surface area (Å²) in [5.74, 6) is -0.375. The monoisotopic (exact) mass is 345 g/mol. The minimum absolute atomic E-state index is 0.0818. The standard InChI is InChI=1S/C23H20FNO/c1-25(2)20-14-7-17(8-15-20)9-16-23(26)22-6-4-3-5-21(22)18-10-12-19(24)13-11-18/h3-16H,1-2H3. The van der Waals surface area contributed by atoms with Crippen LogP contribution in [-0.2, 0) is 0 Å². The summed E-state index contributed by atoms with van der Waals surface area (Å²) >= 11 is 0. The zero-order valence-corrected chi connectivity index (χ0v) is 14.8. The maximum absolute atomic E-state index is 13.2. The molecule has 0 saturated carbocycles. The van der Waals surface area contributed by atoms with E-state index < -0.39 is 0 Å². The quantitative estimate of drug-likeness (QED) is 0.452. The fourth-order valence-corrected chi connectivity index (χ4v) is 2.72. The first kappa shape index (κ1) is 17.6. The minimum Gasteiger partial charge on any atom is -0.378 e. The van der Waals surface area contributed by atoms with Crippen molar-refractivity contribution in [3.8, 4) is 11.1 Å². The van der Waals surface area contributed by atoms with Crippen LogP contribution in [0.4, 0.5) is 10.1 Å². The molecule has 3 rings (SSSR count). The summed E-state index contributed by atoms with van der Waals surface area (Å²) in [5.41, 5.74) is 4.28. The van der Waals surface area contributed by atoms with Crippen LogP contribution >= 0.6 is 0 Å². The van der Waals surface area contributed by atoms with Gasteiger partial charge in [0, 0.05) is 25.3 Å². The molecule has 0 aliphatic carbocycles. The smallest absolute Gasteiger partial charge is 0.186 e. The molecule has 0 spiro atoms. The molecular weight excluding hydrogens is 325 g/mol. The first-order chi connectivity index (χ1) is 12.5. The Balaban J connectivity index is 1.85. The Morgan fingerprint density at radius 2 is 1.54 bits per heavy atom. The molecule has 3 heteroatoms. The molecule has 2 nitrogen and oxygen atoms in total. The predicted octanol–water partition coefficient (Wildman–Crippen LogP) is 5.45. The number of allylic oxidation sites excluding steroid dienone is 1. The Morgan fingerprint density at radius 1 is 0.885 bits per heavy atom. The largest absolute Gasteiger partial charge is 0.378 e. The van der Waals surface area contributed by atoms with E-state index in [2.05, 4.69) is 0 Å². The number of rotatable bonds is 5. The maximum atomic E-state index is 13.2. The number of benzene rings is 3. The van der Waals surface area contributed by atoms with Crippen molar-refractivity contribution < 1.29 is 9.18 Å². The molecule has 0 radical (unpaired) electrons. The van der Waals surface area contributed by atoms with Crippen molar-refractivity contribution >= 4 is 17.5 Å². The topological polar surface area (TPSA) is 20.3 Å². The lowest BCUT2D eigenvalue weighted by atomic mass is 9.96. The van der Waals surface area contributed by atoms with Gasteiger partial charge in [0.1, 0.15) is 5.82 Å². The maximum Gasteiger partial charge on any atom is 0.186 e. The number of anilines is 1. The van der Waals surface area contributed by atoms with Crippen molar-refractivity contribution in [2.24, 2.45) is 0 Å². The molecule has 0 bridgehead atoms. The summed E-state index contributed by atoms with van der Waals surface area (Å²) in [5, 5.41) is 0. The third-order valence-electron chi connectivity index (χ3n) is 4.18. The van der Waals surface area contributed by atoms with E-state index in [0.29, 0.717) is 5.56 Å². The van der Waals surface area contributed by atoms with E-state index in [1.165, 1.54) is 12.1 Å². The summed E-state index contributed by atoms with van der Waals surface area (Å²) in [6.45, 7) is 0.